The lowest BCUT2D eigenvalue weighted by molar-refractivity contribution is 0.0814. The largest absolute Gasteiger partial charge is 0.356 e. The zero-order valence-corrected chi connectivity index (χ0v) is 13.0. The fourth-order valence-electron chi connectivity index (χ4n) is 3.55. The predicted molar refractivity (Wildman–Crippen MR) is 85.0 cm³/mol. The lowest BCUT2D eigenvalue weighted by atomic mass is 9.89. The number of carbonyl (C=O) groups excluding carboxylic acids is 1. The minimum Gasteiger partial charge on any atom is -0.356 e. The van der Waals surface area contributed by atoms with Crippen molar-refractivity contribution in [2.75, 3.05) is 19.6 Å². The molecule has 2 heterocycles. The van der Waals surface area contributed by atoms with Crippen LogP contribution in [0.1, 0.15) is 41.7 Å². The van der Waals surface area contributed by atoms with Crippen LogP contribution in [0.2, 0.25) is 0 Å². The quantitative estimate of drug-likeness (QED) is 0.811. The van der Waals surface area contributed by atoms with Gasteiger partial charge in [0, 0.05) is 30.0 Å². The molecule has 1 aliphatic carbocycles. The third kappa shape index (κ3) is 2.68. The lowest BCUT2D eigenvalue weighted by Crippen LogP contribution is -2.39. The van der Waals surface area contributed by atoms with E-state index in [-0.39, 0.29) is 11.7 Å². The molecule has 0 spiro atoms. The van der Waals surface area contributed by atoms with Crippen molar-refractivity contribution < 1.29 is 9.32 Å². The molecule has 22 heavy (non-hydrogen) atoms. The van der Waals surface area contributed by atoms with Gasteiger partial charge in [0.1, 0.15) is 0 Å². The summed E-state index contributed by atoms with van der Waals surface area (Å²) < 4.78 is 5.30. The van der Waals surface area contributed by atoms with Gasteiger partial charge in [-0.25, -0.2) is 0 Å². The van der Waals surface area contributed by atoms with E-state index in [1.165, 1.54) is 19.4 Å². The zero-order valence-electron chi connectivity index (χ0n) is 13.0. The molecule has 4 rings (SSSR count). The highest BCUT2D eigenvalue weighted by molar-refractivity contribution is 6.00. The highest BCUT2D eigenvalue weighted by Crippen LogP contribution is 2.32. The highest BCUT2D eigenvalue weighted by Gasteiger charge is 2.30. The van der Waals surface area contributed by atoms with E-state index in [0.29, 0.717) is 5.58 Å². The summed E-state index contributed by atoms with van der Waals surface area (Å²) in [5.41, 5.74) is 2.36. The van der Waals surface area contributed by atoms with Crippen LogP contribution in [-0.4, -0.2) is 35.5 Å². The summed E-state index contributed by atoms with van der Waals surface area (Å²) in [6.45, 7) is 5.18. The number of carbonyl (C=O) groups is 1. The van der Waals surface area contributed by atoms with Gasteiger partial charge in [0.15, 0.2) is 11.4 Å². The fourth-order valence-corrected chi connectivity index (χ4v) is 3.55. The minimum atomic E-state index is 0.133. The van der Waals surface area contributed by atoms with Crippen molar-refractivity contribution in [3.05, 3.63) is 29.5 Å². The van der Waals surface area contributed by atoms with Crippen molar-refractivity contribution in [2.24, 2.45) is 11.8 Å². The molecule has 0 radical (unpaired) electrons. The molecule has 0 N–H and O–H groups in total. The van der Waals surface area contributed by atoms with Gasteiger partial charge in [0.2, 0.25) is 0 Å². The van der Waals surface area contributed by atoms with Crippen LogP contribution < -0.4 is 0 Å². The molecular formula is C18H22N2O2. The summed E-state index contributed by atoms with van der Waals surface area (Å²) >= 11 is 0. The van der Waals surface area contributed by atoms with E-state index in [4.69, 9.17) is 4.52 Å². The number of hydrogen-bond donors (Lipinski definition) is 0. The first-order valence-corrected chi connectivity index (χ1v) is 8.33. The van der Waals surface area contributed by atoms with E-state index < -0.39 is 0 Å². The smallest absolute Gasteiger partial charge is 0.167 e. The molecule has 0 amide bonds. The maximum atomic E-state index is 12.8. The first-order valence-electron chi connectivity index (χ1n) is 8.33. The first-order chi connectivity index (χ1) is 10.7. The molecule has 1 saturated carbocycles. The van der Waals surface area contributed by atoms with Gasteiger partial charge in [-0.15, -0.1) is 0 Å². The third-order valence-electron chi connectivity index (χ3n) is 5.03. The number of aromatic nitrogens is 1. The van der Waals surface area contributed by atoms with Crippen LogP contribution in [0.4, 0.5) is 0 Å². The highest BCUT2D eigenvalue weighted by atomic mass is 16.5. The number of piperidine rings is 1. The molecule has 0 bridgehead atoms. The van der Waals surface area contributed by atoms with Crippen molar-refractivity contribution >= 4 is 16.8 Å². The molecule has 1 atom stereocenters. The Labute approximate surface area is 130 Å². The molecule has 2 aliphatic rings. The molecule has 1 unspecified atom stereocenters. The van der Waals surface area contributed by atoms with Crippen LogP contribution in [0.5, 0.6) is 0 Å². The van der Waals surface area contributed by atoms with Crippen molar-refractivity contribution in [3.63, 3.8) is 0 Å². The Morgan fingerprint density at radius 1 is 1.36 bits per heavy atom. The number of nitrogens with zero attached hydrogens (tertiary/aromatic N) is 2. The number of fused-ring (bicyclic) bond motifs is 1. The van der Waals surface area contributed by atoms with E-state index in [9.17, 15) is 4.79 Å². The number of rotatable bonds is 4. The maximum Gasteiger partial charge on any atom is 0.167 e. The molecule has 116 valence electrons. The van der Waals surface area contributed by atoms with Crippen LogP contribution in [0.15, 0.2) is 22.7 Å². The average molecular weight is 298 g/mol. The van der Waals surface area contributed by atoms with Crippen LogP contribution in [0.25, 0.3) is 11.0 Å². The molecule has 2 aromatic rings. The summed E-state index contributed by atoms with van der Waals surface area (Å²) in [6.07, 6.45) is 4.88. The third-order valence-corrected chi connectivity index (χ3v) is 5.03. The monoisotopic (exact) mass is 298 g/mol. The topological polar surface area (TPSA) is 46.3 Å². The van der Waals surface area contributed by atoms with Crippen molar-refractivity contribution in [1.82, 2.24) is 10.1 Å². The van der Waals surface area contributed by atoms with Gasteiger partial charge in [0.25, 0.3) is 0 Å². The molecule has 2 fully saturated rings. The molecule has 1 aromatic heterocycles. The maximum absolute atomic E-state index is 12.8. The number of hydrogen-bond acceptors (Lipinski definition) is 4. The van der Waals surface area contributed by atoms with E-state index >= 15 is 0 Å². The Kier molecular flexibility index (Phi) is 3.49. The normalized spacial score (nSPS) is 23.0. The Bertz CT molecular complexity index is 702. The van der Waals surface area contributed by atoms with Gasteiger partial charge in [-0.2, -0.15) is 0 Å². The zero-order chi connectivity index (χ0) is 15.1. The van der Waals surface area contributed by atoms with E-state index in [1.54, 1.807) is 0 Å². The van der Waals surface area contributed by atoms with Gasteiger partial charge in [-0.05, 0) is 57.2 Å². The van der Waals surface area contributed by atoms with Crippen molar-refractivity contribution in [1.29, 1.82) is 0 Å². The minimum absolute atomic E-state index is 0.133. The van der Waals surface area contributed by atoms with Crippen LogP contribution in [0.3, 0.4) is 0 Å². The van der Waals surface area contributed by atoms with E-state index in [0.717, 1.165) is 48.5 Å². The van der Waals surface area contributed by atoms with Gasteiger partial charge < -0.3 is 9.42 Å². The molecule has 1 aliphatic heterocycles. The Morgan fingerprint density at radius 2 is 2.23 bits per heavy atom. The number of benzene rings is 1. The van der Waals surface area contributed by atoms with E-state index in [1.807, 2.05) is 25.1 Å². The van der Waals surface area contributed by atoms with Crippen LogP contribution in [0, 0.1) is 18.8 Å². The van der Waals surface area contributed by atoms with Gasteiger partial charge >= 0.3 is 0 Å². The average Bonchev–Trinajstić information content (AvgIpc) is 3.28. The van der Waals surface area contributed by atoms with Crippen molar-refractivity contribution in [2.45, 2.75) is 32.6 Å². The molecular weight excluding hydrogens is 276 g/mol. The summed E-state index contributed by atoms with van der Waals surface area (Å²) in [4.78, 5) is 15.3. The summed E-state index contributed by atoms with van der Waals surface area (Å²) in [6, 6.07) is 5.74. The fraction of sp³-hybridized carbons (Fsp3) is 0.556. The van der Waals surface area contributed by atoms with Gasteiger partial charge in [-0.3, -0.25) is 4.79 Å². The summed E-state index contributed by atoms with van der Waals surface area (Å²) in [5, 5.41) is 4.96. The standard InChI is InChI=1S/C18H22N2O2/c1-12-16-7-6-14(9-17(16)22-19-12)18(21)15-3-2-8-20(11-15)10-13-4-5-13/h6-7,9,13,15H,2-5,8,10-11H2,1H3. The molecule has 4 heteroatoms. The molecule has 1 saturated heterocycles. The Hall–Kier alpha value is -1.68. The Morgan fingerprint density at radius 3 is 3.05 bits per heavy atom. The number of ketones is 1. The van der Waals surface area contributed by atoms with E-state index in [2.05, 4.69) is 10.1 Å². The Balaban J connectivity index is 1.51. The number of likely N-dealkylation sites (tertiary alicyclic amines) is 1. The second kappa shape index (κ2) is 5.51. The molecule has 4 nitrogen and oxygen atoms in total. The lowest BCUT2D eigenvalue weighted by Gasteiger charge is -2.32. The summed E-state index contributed by atoms with van der Waals surface area (Å²) in [7, 11) is 0. The van der Waals surface area contributed by atoms with Crippen molar-refractivity contribution in [3.8, 4) is 0 Å². The van der Waals surface area contributed by atoms with Crippen LogP contribution >= 0.6 is 0 Å². The summed E-state index contributed by atoms with van der Waals surface area (Å²) in [5.74, 6) is 1.28. The van der Waals surface area contributed by atoms with Gasteiger partial charge in [-0.1, -0.05) is 11.2 Å². The number of aryl methyl sites for hydroxylation is 1. The second-order valence-corrected chi connectivity index (χ2v) is 6.89. The van der Waals surface area contributed by atoms with Gasteiger partial charge in [0.05, 0.1) is 5.69 Å². The second-order valence-electron chi connectivity index (χ2n) is 6.89. The SMILES string of the molecule is Cc1noc2cc(C(=O)C3CCCN(CC4CC4)C3)ccc12. The predicted octanol–water partition coefficient (Wildman–Crippen LogP) is 3.44. The molecule has 1 aromatic carbocycles. The van der Waals surface area contributed by atoms with Crippen LogP contribution in [-0.2, 0) is 0 Å². The first kappa shape index (κ1) is 13.9. The number of Topliss-reactive ketones (excluding diaryl/α,β-unsaturated/α-hetero) is 1.